The van der Waals surface area contributed by atoms with Crippen molar-refractivity contribution in [1.29, 1.82) is 0 Å². The molecular weight excluding hydrogens is 273 g/mol. The van der Waals surface area contributed by atoms with Crippen LogP contribution >= 0.6 is 0 Å². The maximum atomic E-state index is 13.5. The van der Waals surface area contributed by atoms with Gasteiger partial charge in [0, 0.05) is 37.8 Å². The second-order valence-electron chi connectivity index (χ2n) is 5.58. The second kappa shape index (κ2) is 5.99. The van der Waals surface area contributed by atoms with Crippen molar-refractivity contribution >= 4 is 11.6 Å². The van der Waals surface area contributed by atoms with Crippen LogP contribution in [0.3, 0.4) is 0 Å². The molecule has 1 amide bonds. The van der Waals surface area contributed by atoms with E-state index in [1.165, 1.54) is 12.1 Å². The molecule has 3 rings (SSSR count). The van der Waals surface area contributed by atoms with E-state index in [-0.39, 0.29) is 11.6 Å². The van der Waals surface area contributed by atoms with E-state index in [0.29, 0.717) is 24.7 Å². The number of hydrogen-bond acceptors (Lipinski definition) is 4. The maximum absolute atomic E-state index is 13.5. The van der Waals surface area contributed by atoms with Crippen LogP contribution in [-0.4, -0.2) is 61.1 Å². The van der Waals surface area contributed by atoms with Crippen molar-refractivity contribution in [2.24, 2.45) is 0 Å². The number of halogens is 1. The van der Waals surface area contributed by atoms with Crippen molar-refractivity contribution in [3.63, 3.8) is 0 Å². The van der Waals surface area contributed by atoms with E-state index in [1.54, 1.807) is 11.0 Å². The summed E-state index contributed by atoms with van der Waals surface area (Å²) in [5.41, 5.74) is 5.88. The fraction of sp³-hybridized carbons (Fsp3) is 0.533. The molecule has 2 saturated heterocycles. The highest BCUT2D eigenvalue weighted by atomic mass is 19.1. The van der Waals surface area contributed by atoms with Gasteiger partial charge >= 0.3 is 0 Å². The zero-order valence-corrected chi connectivity index (χ0v) is 11.9. The Kier molecular flexibility index (Phi) is 4.07. The predicted molar refractivity (Wildman–Crippen MR) is 77.5 cm³/mol. The zero-order valence-electron chi connectivity index (χ0n) is 11.9. The predicted octanol–water partition coefficient (Wildman–Crippen LogP) is 0.955. The van der Waals surface area contributed by atoms with Gasteiger partial charge in [0.05, 0.1) is 18.9 Å². The van der Waals surface area contributed by atoms with E-state index in [1.807, 2.05) is 0 Å². The van der Waals surface area contributed by atoms with Gasteiger partial charge in [-0.1, -0.05) is 0 Å². The quantitative estimate of drug-likeness (QED) is 0.825. The molecule has 1 aromatic carbocycles. The fourth-order valence-corrected chi connectivity index (χ4v) is 3.01. The van der Waals surface area contributed by atoms with E-state index in [4.69, 9.17) is 10.5 Å². The van der Waals surface area contributed by atoms with Crippen LogP contribution in [0, 0.1) is 5.82 Å². The lowest BCUT2D eigenvalue weighted by Gasteiger charge is -2.32. The molecule has 0 spiro atoms. The van der Waals surface area contributed by atoms with Crippen molar-refractivity contribution < 1.29 is 13.9 Å². The maximum Gasteiger partial charge on any atom is 0.254 e. The monoisotopic (exact) mass is 293 g/mol. The van der Waals surface area contributed by atoms with Gasteiger partial charge in [0.2, 0.25) is 0 Å². The minimum atomic E-state index is -0.537. The smallest absolute Gasteiger partial charge is 0.254 e. The number of ether oxygens (including phenoxy) is 1. The number of amides is 1. The first-order chi connectivity index (χ1) is 10.1. The van der Waals surface area contributed by atoms with Crippen molar-refractivity contribution in [3.05, 3.63) is 29.6 Å². The van der Waals surface area contributed by atoms with Crippen LogP contribution in [0.15, 0.2) is 18.2 Å². The van der Waals surface area contributed by atoms with Gasteiger partial charge in [0.1, 0.15) is 5.82 Å². The number of nitrogens with zero attached hydrogens (tertiary/aromatic N) is 2. The molecule has 21 heavy (non-hydrogen) atoms. The molecule has 0 saturated carbocycles. The van der Waals surface area contributed by atoms with Gasteiger partial charge < -0.3 is 15.4 Å². The largest absolute Gasteiger partial charge is 0.396 e. The number of benzene rings is 1. The molecular formula is C15H20FN3O2. The van der Waals surface area contributed by atoms with Gasteiger partial charge in [0.15, 0.2) is 0 Å². The molecule has 5 nitrogen and oxygen atoms in total. The van der Waals surface area contributed by atoms with Crippen LogP contribution in [0.2, 0.25) is 0 Å². The molecule has 2 aliphatic heterocycles. The van der Waals surface area contributed by atoms with E-state index >= 15 is 0 Å². The average Bonchev–Trinajstić information content (AvgIpc) is 3.00. The number of carbonyl (C=O) groups is 1. The average molecular weight is 293 g/mol. The first-order valence-electron chi connectivity index (χ1n) is 7.31. The summed E-state index contributed by atoms with van der Waals surface area (Å²) in [5.74, 6) is -0.658. The Bertz CT molecular complexity index is 532. The Hall–Kier alpha value is -1.66. The van der Waals surface area contributed by atoms with Crippen molar-refractivity contribution in [2.75, 3.05) is 45.1 Å². The van der Waals surface area contributed by atoms with Gasteiger partial charge in [-0.3, -0.25) is 9.69 Å². The van der Waals surface area contributed by atoms with Gasteiger partial charge in [-0.2, -0.15) is 0 Å². The number of nitrogen functional groups attached to an aromatic ring is 1. The number of rotatable bonds is 2. The Morgan fingerprint density at radius 2 is 2.05 bits per heavy atom. The van der Waals surface area contributed by atoms with Crippen LogP contribution in [-0.2, 0) is 4.74 Å². The summed E-state index contributed by atoms with van der Waals surface area (Å²) in [5, 5.41) is 0. The molecule has 6 heteroatoms. The third-order valence-electron chi connectivity index (χ3n) is 4.26. The number of nitrogens with two attached hydrogens (primary N) is 1. The number of anilines is 1. The van der Waals surface area contributed by atoms with Gasteiger partial charge in [-0.15, -0.1) is 0 Å². The molecule has 1 atom stereocenters. The molecule has 2 aliphatic rings. The van der Waals surface area contributed by atoms with E-state index in [2.05, 4.69) is 4.90 Å². The third-order valence-corrected chi connectivity index (χ3v) is 4.26. The Morgan fingerprint density at radius 1 is 1.29 bits per heavy atom. The van der Waals surface area contributed by atoms with E-state index in [9.17, 15) is 9.18 Å². The van der Waals surface area contributed by atoms with Crippen LogP contribution in [0.5, 0.6) is 0 Å². The Morgan fingerprint density at radius 3 is 2.76 bits per heavy atom. The summed E-state index contributed by atoms with van der Waals surface area (Å²) in [6.45, 7) is 4.77. The molecule has 1 aromatic rings. The molecule has 2 N–H and O–H groups in total. The molecule has 114 valence electrons. The lowest BCUT2D eigenvalue weighted by molar-refractivity contribution is 0.0185. The molecule has 0 radical (unpaired) electrons. The second-order valence-corrected chi connectivity index (χ2v) is 5.58. The molecule has 2 heterocycles. The van der Waals surface area contributed by atoms with Crippen LogP contribution in [0.25, 0.3) is 0 Å². The Labute approximate surface area is 123 Å². The summed E-state index contributed by atoms with van der Waals surface area (Å²) in [6, 6.07) is 4.64. The van der Waals surface area contributed by atoms with Crippen LogP contribution in [0.1, 0.15) is 16.8 Å². The fourth-order valence-electron chi connectivity index (χ4n) is 3.01. The standard InChI is InChI=1S/C15H20FN3O2/c16-13-9-11(1-2-14(13)17)15(20)19-4-3-12(10-19)18-5-7-21-8-6-18/h1-2,9,12H,3-8,10,17H2. The SMILES string of the molecule is Nc1ccc(C(=O)N2CCC(N3CCOCC3)C2)cc1F. The highest BCUT2D eigenvalue weighted by Gasteiger charge is 2.31. The third kappa shape index (κ3) is 3.01. The number of likely N-dealkylation sites (tertiary alicyclic amines) is 1. The first kappa shape index (κ1) is 14.3. The van der Waals surface area contributed by atoms with Gasteiger partial charge in [-0.25, -0.2) is 4.39 Å². The van der Waals surface area contributed by atoms with Gasteiger partial charge in [0.25, 0.3) is 5.91 Å². The lowest BCUT2D eigenvalue weighted by atomic mass is 10.1. The minimum absolute atomic E-state index is 0.0687. The van der Waals surface area contributed by atoms with Crippen molar-refractivity contribution in [1.82, 2.24) is 9.80 Å². The van der Waals surface area contributed by atoms with Crippen molar-refractivity contribution in [3.8, 4) is 0 Å². The molecule has 1 unspecified atom stereocenters. The highest BCUT2D eigenvalue weighted by Crippen LogP contribution is 2.20. The van der Waals surface area contributed by atoms with E-state index in [0.717, 1.165) is 32.7 Å². The molecule has 0 aliphatic carbocycles. The Balaban J connectivity index is 1.64. The summed E-state index contributed by atoms with van der Waals surface area (Å²) in [6.07, 6.45) is 0.962. The van der Waals surface area contributed by atoms with Gasteiger partial charge in [-0.05, 0) is 24.6 Å². The number of carbonyl (C=O) groups excluding carboxylic acids is 1. The molecule has 0 aromatic heterocycles. The van der Waals surface area contributed by atoms with Crippen LogP contribution < -0.4 is 5.73 Å². The zero-order chi connectivity index (χ0) is 14.8. The topological polar surface area (TPSA) is 58.8 Å². The molecule has 2 fully saturated rings. The lowest BCUT2D eigenvalue weighted by Crippen LogP contribution is -2.45. The summed E-state index contributed by atoms with van der Waals surface area (Å²) in [7, 11) is 0. The van der Waals surface area contributed by atoms with Crippen LogP contribution in [0.4, 0.5) is 10.1 Å². The first-order valence-corrected chi connectivity index (χ1v) is 7.31. The minimum Gasteiger partial charge on any atom is -0.396 e. The summed E-state index contributed by atoms with van der Waals surface area (Å²) in [4.78, 5) is 16.6. The normalized spacial score (nSPS) is 23.5. The highest BCUT2D eigenvalue weighted by molar-refractivity contribution is 5.94. The molecule has 0 bridgehead atoms. The van der Waals surface area contributed by atoms with Crippen molar-refractivity contribution in [2.45, 2.75) is 12.5 Å². The number of morpholine rings is 1. The van der Waals surface area contributed by atoms with E-state index < -0.39 is 5.82 Å². The summed E-state index contributed by atoms with van der Waals surface area (Å²) >= 11 is 0. The summed E-state index contributed by atoms with van der Waals surface area (Å²) < 4.78 is 18.8. The number of hydrogen-bond donors (Lipinski definition) is 1.